The fourth-order valence-corrected chi connectivity index (χ4v) is 2.91. The molecule has 0 fully saturated rings. The Hall–Kier alpha value is -2.85. The first-order valence-corrected chi connectivity index (χ1v) is 8.12. The topological polar surface area (TPSA) is 54.6 Å². The zero-order chi connectivity index (χ0) is 18.0. The Kier molecular flexibility index (Phi) is 4.72. The van der Waals surface area contributed by atoms with E-state index in [0.29, 0.717) is 22.0 Å². The number of halogens is 1. The number of hydrogen-bond donors (Lipinski definition) is 1. The summed E-state index contributed by atoms with van der Waals surface area (Å²) in [4.78, 5) is 17.1. The van der Waals surface area contributed by atoms with Crippen LogP contribution >= 0.6 is 11.6 Å². The molecule has 0 aliphatic rings. The lowest BCUT2D eigenvalue weighted by Crippen LogP contribution is -2.26. The molecule has 1 N–H and O–H groups in total. The molecule has 0 atom stereocenters. The third kappa shape index (κ3) is 3.21. The molecule has 1 aromatic heterocycles. The molecular formula is C20H17ClN2O2. The Bertz CT molecular complexity index is 991. The van der Waals surface area contributed by atoms with Crippen LogP contribution < -0.4 is 5.56 Å². The van der Waals surface area contributed by atoms with E-state index in [1.807, 2.05) is 30.3 Å². The number of aromatic hydroxyl groups is 1. The van der Waals surface area contributed by atoms with Gasteiger partial charge < -0.3 is 9.67 Å². The van der Waals surface area contributed by atoms with Crippen LogP contribution in [-0.2, 0) is 7.05 Å². The van der Waals surface area contributed by atoms with Gasteiger partial charge in [-0.25, -0.2) is 0 Å². The SMILES string of the molecule is CN=C(c1ccc(Cl)cc1)c1c(O)cc(-c2ccccc2)n(C)c1=O. The first-order valence-electron chi connectivity index (χ1n) is 7.74. The van der Waals surface area contributed by atoms with Crippen LogP contribution in [0, 0.1) is 0 Å². The maximum atomic E-state index is 12.9. The summed E-state index contributed by atoms with van der Waals surface area (Å²) in [5, 5.41) is 11.1. The van der Waals surface area contributed by atoms with Crippen molar-refractivity contribution in [1.29, 1.82) is 0 Å². The van der Waals surface area contributed by atoms with E-state index in [1.165, 1.54) is 4.57 Å². The van der Waals surface area contributed by atoms with Crippen molar-refractivity contribution >= 4 is 17.3 Å². The molecule has 0 saturated carbocycles. The highest BCUT2D eigenvalue weighted by atomic mass is 35.5. The minimum absolute atomic E-state index is 0.0995. The molecule has 3 rings (SSSR count). The van der Waals surface area contributed by atoms with E-state index in [4.69, 9.17) is 11.6 Å². The highest BCUT2D eigenvalue weighted by Crippen LogP contribution is 2.25. The monoisotopic (exact) mass is 352 g/mol. The van der Waals surface area contributed by atoms with Crippen molar-refractivity contribution < 1.29 is 5.11 Å². The number of rotatable bonds is 3. The molecule has 25 heavy (non-hydrogen) atoms. The summed E-state index contributed by atoms with van der Waals surface area (Å²) < 4.78 is 1.52. The normalized spacial score (nSPS) is 11.6. The molecule has 4 nitrogen and oxygen atoms in total. The molecule has 0 bridgehead atoms. The second kappa shape index (κ2) is 6.95. The number of nitrogens with zero attached hydrogens (tertiary/aromatic N) is 2. The second-order valence-corrected chi connectivity index (χ2v) is 6.04. The first-order chi connectivity index (χ1) is 12.0. The van der Waals surface area contributed by atoms with Crippen LogP contribution in [0.1, 0.15) is 11.1 Å². The summed E-state index contributed by atoms with van der Waals surface area (Å²) in [6.45, 7) is 0. The molecule has 0 aliphatic carbocycles. The van der Waals surface area contributed by atoms with Gasteiger partial charge >= 0.3 is 0 Å². The fourth-order valence-electron chi connectivity index (χ4n) is 2.79. The van der Waals surface area contributed by atoms with Crippen molar-refractivity contribution in [3.8, 4) is 17.0 Å². The van der Waals surface area contributed by atoms with Crippen molar-refractivity contribution in [3.05, 3.63) is 87.2 Å². The Morgan fingerprint density at radius 3 is 2.32 bits per heavy atom. The predicted molar refractivity (Wildman–Crippen MR) is 102 cm³/mol. The Morgan fingerprint density at radius 2 is 1.72 bits per heavy atom. The van der Waals surface area contributed by atoms with Gasteiger partial charge in [0.2, 0.25) is 0 Å². The number of pyridine rings is 1. The Labute approximate surface area is 150 Å². The van der Waals surface area contributed by atoms with E-state index < -0.39 is 0 Å². The third-order valence-electron chi connectivity index (χ3n) is 4.06. The molecule has 1 heterocycles. The van der Waals surface area contributed by atoms with Gasteiger partial charge in [0.15, 0.2) is 0 Å². The maximum absolute atomic E-state index is 12.9. The Balaban J connectivity index is 2.19. The van der Waals surface area contributed by atoms with Crippen molar-refractivity contribution in [2.24, 2.45) is 12.0 Å². The van der Waals surface area contributed by atoms with Crippen LogP contribution in [0.15, 0.2) is 70.5 Å². The van der Waals surface area contributed by atoms with E-state index in [1.54, 1.807) is 44.4 Å². The quantitative estimate of drug-likeness (QED) is 0.727. The number of benzene rings is 2. The third-order valence-corrected chi connectivity index (χ3v) is 4.31. The van der Waals surface area contributed by atoms with Crippen LogP contribution in [0.2, 0.25) is 5.02 Å². The van der Waals surface area contributed by atoms with E-state index in [9.17, 15) is 9.90 Å². The summed E-state index contributed by atoms with van der Waals surface area (Å²) in [7, 11) is 3.27. The molecule has 126 valence electrons. The van der Waals surface area contributed by atoms with Crippen LogP contribution in [0.25, 0.3) is 11.3 Å². The van der Waals surface area contributed by atoms with Crippen LogP contribution in [-0.4, -0.2) is 22.4 Å². The van der Waals surface area contributed by atoms with Gasteiger partial charge in [0.25, 0.3) is 5.56 Å². The lowest BCUT2D eigenvalue weighted by molar-refractivity contribution is 0.471. The van der Waals surface area contributed by atoms with Gasteiger partial charge in [0.05, 0.1) is 11.4 Å². The standard InChI is InChI=1S/C20H17ClN2O2/c1-22-19(14-8-10-15(21)11-9-14)18-17(24)12-16(23(2)20(18)25)13-6-4-3-5-7-13/h3-12,24H,1-2H3. The van der Waals surface area contributed by atoms with Crippen molar-refractivity contribution in [2.75, 3.05) is 7.05 Å². The van der Waals surface area contributed by atoms with Gasteiger partial charge in [0.1, 0.15) is 11.3 Å². The summed E-state index contributed by atoms with van der Waals surface area (Å²) in [6.07, 6.45) is 0. The minimum Gasteiger partial charge on any atom is -0.507 e. The fraction of sp³-hybridized carbons (Fsp3) is 0.100. The maximum Gasteiger partial charge on any atom is 0.264 e. The Morgan fingerprint density at radius 1 is 1.08 bits per heavy atom. The van der Waals surface area contributed by atoms with Crippen LogP contribution in [0.4, 0.5) is 0 Å². The number of aromatic nitrogens is 1. The lowest BCUT2D eigenvalue weighted by atomic mass is 10.0. The van der Waals surface area contributed by atoms with E-state index in [2.05, 4.69) is 4.99 Å². The minimum atomic E-state index is -0.311. The summed E-state index contributed by atoms with van der Waals surface area (Å²) in [5.74, 6) is -0.0995. The van der Waals surface area contributed by atoms with Gasteiger partial charge in [0, 0.05) is 30.7 Å². The van der Waals surface area contributed by atoms with Gasteiger partial charge in [-0.15, -0.1) is 0 Å². The van der Waals surface area contributed by atoms with Crippen LogP contribution in [0.3, 0.4) is 0 Å². The van der Waals surface area contributed by atoms with Gasteiger partial charge in [-0.1, -0.05) is 54.1 Å². The largest absolute Gasteiger partial charge is 0.507 e. The second-order valence-electron chi connectivity index (χ2n) is 5.60. The smallest absolute Gasteiger partial charge is 0.264 e. The highest BCUT2D eigenvalue weighted by molar-refractivity contribution is 6.30. The zero-order valence-electron chi connectivity index (χ0n) is 13.9. The van der Waals surface area contributed by atoms with E-state index in [0.717, 1.165) is 5.56 Å². The zero-order valence-corrected chi connectivity index (χ0v) is 14.7. The van der Waals surface area contributed by atoms with Crippen molar-refractivity contribution in [1.82, 2.24) is 4.57 Å². The molecule has 0 unspecified atom stereocenters. The molecule has 0 radical (unpaired) electrons. The summed E-state index contributed by atoms with van der Waals surface area (Å²) in [5.41, 5.74) is 2.49. The molecule has 5 heteroatoms. The van der Waals surface area contributed by atoms with Gasteiger partial charge in [-0.2, -0.15) is 0 Å². The molecule has 0 spiro atoms. The van der Waals surface area contributed by atoms with Gasteiger partial charge in [-0.3, -0.25) is 9.79 Å². The lowest BCUT2D eigenvalue weighted by Gasteiger charge is -2.14. The molecule has 3 aromatic rings. The van der Waals surface area contributed by atoms with Gasteiger partial charge in [-0.05, 0) is 17.7 Å². The average molecular weight is 353 g/mol. The number of aliphatic imine (C=N–C) groups is 1. The van der Waals surface area contributed by atoms with Crippen LogP contribution in [0.5, 0.6) is 5.75 Å². The number of hydrogen-bond acceptors (Lipinski definition) is 3. The molecule has 0 aliphatic heterocycles. The molecule has 2 aromatic carbocycles. The van der Waals surface area contributed by atoms with E-state index in [-0.39, 0.29) is 16.9 Å². The molecule has 0 amide bonds. The predicted octanol–water partition coefficient (Wildman–Crippen LogP) is 3.88. The molecule has 0 saturated heterocycles. The molecular weight excluding hydrogens is 336 g/mol. The van der Waals surface area contributed by atoms with Crippen molar-refractivity contribution in [3.63, 3.8) is 0 Å². The van der Waals surface area contributed by atoms with Crippen molar-refractivity contribution in [2.45, 2.75) is 0 Å². The highest BCUT2D eigenvalue weighted by Gasteiger charge is 2.19. The first kappa shape index (κ1) is 17.0. The summed E-state index contributed by atoms with van der Waals surface area (Å²) >= 11 is 5.93. The summed E-state index contributed by atoms with van der Waals surface area (Å²) in [6, 6.07) is 18.0. The average Bonchev–Trinajstić information content (AvgIpc) is 2.63. The van der Waals surface area contributed by atoms with E-state index >= 15 is 0 Å².